The lowest BCUT2D eigenvalue weighted by Gasteiger charge is -2.25. The number of guanidine groups is 1. The molecule has 1 fully saturated rings. The molecule has 0 aromatic heterocycles. The molecule has 0 aliphatic heterocycles. The molecule has 4 nitrogen and oxygen atoms in total. The molecule has 1 aliphatic carbocycles. The van der Waals surface area contributed by atoms with E-state index in [-0.39, 0.29) is 24.0 Å². The van der Waals surface area contributed by atoms with Gasteiger partial charge in [0.15, 0.2) is 5.96 Å². The summed E-state index contributed by atoms with van der Waals surface area (Å²) >= 11 is 0. The first-order valence-electron chi connectivity index (χ1n) is 7.39. The van der Waals surface area contributed by atoms with Crippen molar-refractivity contribution in [1.29, 1.82) is 0 Å². The molecule has 1 saturated carbocycles. The van der Waals surface area contributed by atoms with Crippen LogP contribution in [0.5, 0.6) is 5.75 Å². The maximum absolute atomic E-state index is 5.96. The Morgan fingerprint density at radius 2 is 2.14 bits per heavy atom. The van der Waals surface area contributed by atoms with Crippen molar-refractivity contribution in [2.45, 2.75) is 32.6 Å². The summed E-state index contributed by atoms with van der Waals surface area (Å²) in [4.78, 5) is 4.48. The summed E-state index contributed by atoms with van der Waals surface area (Å²) < 4.78 is 5.28. The van der Waals surface area contributed by atoms with Crippen molar-refractivity contribution >= 4 is 35.6 Å². The maximum atomic E-state index is 5.96. The van der Waals surface area contributed by atoms with Crippen molar-refractivity contribution in [3.05, 3.63) is 24.3 Å². The zero-order chi connectivity index (χ0) is 14.4. The van der Waals surface area contributed by atoms with Crippen molar-refractivity contribution in [2.24, 2.45) is 22.6 Å². The number of nitrogens with two attached hydrogens (primary N) is 1. The average molecular weight is 403 g/mol. The van der Waals surface area contributed by atoms with Gasteiger partial charge >= 0.3 is 0 Å². The summed E-state index contributed by atoms with van der Waals surface area (Å²) in [5, 5.41) is 3.11. The zero-order valence-electron chi connectivity index (χ0n) is 12.8. The van der Waals surface area contributed by atoms with E-state index in [0.717, 1.165) is 23.9 Å². The molecule has 0 heterocycles. The molecule has 1 aliphatic rings. The second kappa shape index (κ2) is 9.12. The SMILES string of the molecule is COc1ccccc1NC(N)=NCC1CCCC(C)C1.I. The molecule has 118 valence electrons. The number of nitrogens with zero attached hydrogens (tertiary/aromatic N) is 1. The standard InChI is InChI=1S/C16H25N3O.HI/c1-12-6-5-7-13(10-12)11-18-16(17)19-14-8-3-4-9-15(14)20-2;/h3-4,8-9,12-13H,5-7,10-11H2,1-2H3,(H3,17,18,19);1H. The molecule has 0 bridgehead atoms. The quantitative estimate of drug-likeness (QED) is 0.456. The monoisotopic (exact) mass is 403 g/mol. The first kappa shape index (κ1) is 18.1. The minimum Gasteiger partial charge on any atom is -0.495 e. The first-order valence-corrected chi connectivity index (χ1v) is 7.39. The third-order valence-corrected chi connectivity index (χ3v) is 3.93. The molecule has 3 N–H and O–H groups in total. The lowest BCUT2D eigenvalue weighted by atomic mass is 9.82. The van der Waals surface area contributed by atoms with Crippen LogP contribution in [0, 0.1) is 11.8 Å². The van der Waals surface area contributed by atoms with Crippen LogP contribution >= 0.6 is 24.0 Å². The number of methoxy groups -OCH3 is 1. The van der Waals surface area contributed by atoms with E-state index >= 15 is 0 Å². The molecule has 2 atom stereocenters. The molecule has 5 heteroatoms. The van der Waals surface area contributed by atoms with Gasteiger partial charge in [0.2, 0.25) is 0 Å². The number of nitrogens with one attached hydrogen (secondary N) is 1. The molecule has 0 amide bonds. The number of hydrogen-bond acceptors (Lipinski definition) is 2. The molecule has 2 rings (SSSR count). The molecule has 1 aromatic carbocycles. The number of halogens is 1. The third-order valence-electron chi connectivity index (χ3n) is 3.93. The van der Waals surface area contributed by atoms with Crippen molar-refractivity contribution in [1.82, 2.24) is 0 Å². The number of aliphatic imine (C=N–C) groups is 1. The third kappa shape index (κ3) is 5.73. The average Bonchev–Trinajstić information content (AvgIpc) is 2.46. The summed E-state index contributed by atoms with van der Waals surface area (Å²) in [6, 6.07) is 7.71. The summed E-state index contributed by atoms with van der Waals surface area (Å²) in [7, 11) is 1.65. The van der Waals surface area contributed by atoms with Gasteiger partial charge in [0, 0.05) is 6.54 Å². The maximum Gasteiger partial charge on any atom is 0.193 e. The fourth-order valence-corrected chi connectivity index (χ4v) is 2.88. The van der Waals surface area contributed by atoms with Crippen molar-refractivity contribution < 1.29 is 4.74 Å². The Morgan fingerprint density at radius 1 is 1.38 bits per heavy atom. The Morgan fingerprint density at radius 3 is 2.86 bits per heavy atom. The normalized spacial score (nSPS) is 22.3. The van der Waals surface area contributed by atoms with Crippen LogP contribution in [0.2, 0.25) is 0 Å². The minimum absolute atomic E-state index is 0. The molecule has 0 spiro atoms. The van der Waals surface area contributed by atoms with Crippen LogP contribution in [0.15, 0.2) is 29.3 Å². The minimum atomic E-state index is 0. The number of benzene rings is 1. The molecule has 1 aromatic rings. The van der Waals surface area contributed by atoms with Crippen molar-refractivity contribution in [3.8, 4) is 5.75 Å². The molecule has 0 saturated heterocycles. The number of rotatable bonds is 4. The Hall–Kier alpha value is -0.980. The summed E-state index contributed by atoms with van der Waals surface area (Å²) in [6.45, 7) is 3.14. The van der Waals surface area contributed by atoms with Gasteiger partial charge in [-0.15, -0.1) is 24.0 Å². The largest absolute Gasteiger partial charge is 0.495 e. The van der Waals surface area contributed by atoms with E-state index in [1.54, 1.807) is 7.11 Å². The number of anilines is 1. The number of para-hydroxylation sites is 2. The van der Waals surface area contributed by atoms with E-state index in [0.29, 0.717) is 11.9 Å². The molecular weight excluding hydrogens is 377 g/mol. The van der Waals surface area contributed by atoms with Gasteiger partial charge < -0.3 is 15.8 Å². The summed E-state index contributed by atoms with van der Waals surface area (Å²) in [6.07, 6.45) is 5.22. The van der Waals surface area contributed by atoms with Gasteiger partial charge in [0.1, 0.15) is 5.75 Å². The van der Waals surface area contributed by atoms with Crippen LogP contribution in [0.3, 0.4) is 0 Å². The van der Waals surface area contributed by atoms with Crippen LogP contribution < -0.4 is 15.8 Å². The highest BCUT2D eigenvalue weighted by Crippen LogP contribution is 2.28. The first-order chi connectivity index (χ1) is 9.69. The highest BCUT2D eigenvalue weighted by molar-refractivity contribution is 14.0. The topological polar surface area (TPSA) is 59.6 Å². The fourth-order valence-electron chi connectivity index (χ4n) is 2.88. The van der Waals surface area contributed by atoms with E-state index in [9.17, 15) is 0 Å². The van der Waals surface area contributed by atoms with Gasteiger partial charge in [-0.05, 0) is 36.8 Å². The van der Waals surface area contributed by atoms with E-state index in [2.05, 4.69) is 17.2 Å². The molecule has 21 heavy (non-hydrogen) atoms. The zero-order valence-corrected chi connectivity index (χ0v) is 15.2. The fraction of sp³-hybridized carbons (Fsp3) is 0.562. The predicted molar refractivity (Wildman–Crippen MR) is 99.6 cm³/mol. The van der Waals surface area contributed by atoms with Gasteiger partial charge in [-0.3, -0.25) is 4.99 Å². The molecule has 2 unspecified atom stereocenters. The predicted octanol–water partition coefficient (Wildman–Crippen LogP) is 3.87. The Bertz CT molecular complexity index is 465. The number of hydrogen-bond donors (Lipinski definition) is 2. The van der Waals surface area contributed by atoms with E-state index in [4.69, 9.17) is 10.5 Å². The van der Waals surface area contributed by atoms with Gasteiger partial charge in [-0.1, -0.05) is 31.9 Å². The van der Waals surface area contributed by atoms with Crippen molar-refractivity contribution in [3.63, 3.8) is 0 Å². The highest BCUT2D eigenvalue weighted by atomic mass is 127. The van der Waals surface area contributed by atoms with Gasteiger partial charge in [0.05, 0.1) is 12.8 Å². The van der Waals surface area contributed by atoms with Crippen LogP contribution in [-0.4, -0.2) is 19.6 Å². The lowest BCUT2D eigenvalue weighted by Crippen LogP contribution is -2.25. The van der Waals surface area contributed by atoms with Crippen molar-refractivity contribution in [2.75, 3.05) is 19.0 Å². The van der Waals surface area contributed by atoms with Gasteiger partial charge in [0.25, 0.3) is 0 Å². The molecule has 0 radical (unpaired) electrons. The second-order valence-corrected chi connectivity index (χ2v) is 5.69. The Kier molecular flexibility index (Phi) is 7.85. The van der Waals surface area contributed by atoms with E-state index in [1.165, 1.54) is 25.7 Å². The van der Waals surface area contributed by atoms with E-state index in [1.807, 2.05) is 24.3 Å². The Balaban J connectivity index is 0.00000220. The summed E-state index contributed by atoms with van der Waals surface area (Å²) in [5.74, 6) is 2.74. The van der Waals surface area contributed by atoms with Gasteiger partial charge in [-0.2, -0.15) is 0 Å². The summed E-state index contributed by atoms with van der Waals surface area (Å²) in [5.41, 5.74) is 6.82. The second-order valence-electron chi connectivity index (χ2n) is 5.69. The lowest BCUT2D eigenvalue weighted by molar-refractivity contribution is 0.289. The van der Waals surface area contributed by atoms with Crippen LogP contribution in [0.1, 0.15) is 32.6 Å². The highest BCUT2D eigenvalue weighted by Gasteiger charge is 2.18. The smallest absolute Gasteiger partial charge is 0.193 e. The van der Waals surface area contributed by atoms with Crippen LogP contribution in [0.25, 0.3) is 0 Å². The van der Waals surface area contributed by atoms with Gasteiger partial charge in [-0.25, -0.2) is 0 Å². The Labute approximate surface area is 144 Å². The molecular formula is C16H26IN3O. The number of ether oxygens (including phenoxy) is 1. The van der Waals surface area contributed by atoms with Crippen LogP contribution in [-0.2, 0) is 0 Å². The van der Waals surface area contributed by atoms with Crippen LogP contribution in [0.4, 0.5) is 5.69 Å². The van der Waals surface area contributed by atoms with E-state index < -0.39 is 0 Å².